The van der Waals surface area contributed by atoms with Gasteiger partial charge in [0.1, 0.15) is 9.86 Å². The van der Waals surface area contributed by atoms with Gasteiger partial charge in [0.25, 0.3) is 0 Å². The van der Waals surface area contributed by atoms with Crippen molar-refractivity contribution in [2.24, 2.45) is 5.73 Å². The Labute approximate surface area is 129 Å². The Morgan fingerprint density at radius 2 is 2.15 bits per heavy atom. The van der Waals surface area contributed by atoms with Gasteiger partial charge in [-0.2, -0.15) is 0 Å². The zero-order chi connectivity index (χ0) is 14.1. The van der Waals surface area contributed by atoms with Crippen LogP contribution in [0.1, 0.15) is 23.3 Å². The predicted octanol–water partition coefficient (Wildman–Crippen LogP) is 2.87. The Morgan fingerprint density at radius 3 is 2.90 bits per heavy atom. The van der Waals surface area contributed by atoms with Crippen molar-refractivity contribution in [3.63, 3.8) is 0 Å². The fourth-order valence-corrected chi connectivity index (χ4v) is 5.04. The maximum atomic E-state index is 11.0. The van der Waals surface area contributed by atoms with E-state index in [-0.39, 0.29) is 11.7 Å². The first-order valence-electron chi connectivity index (χ1n) is 6.46. The molecule has 106 valence electrons. The lowest BCUT2D eigenvalue weighted by Gasteiger charge is -2.11. The zero-order valence-electron chi connectivity index (χ0n) is 11.1. The van der Waals surface area contributed by atoms with E-state index in [4.69, 9.17) is 5.73 Å². The summed E-state index contributed by atoms with van der Waals surface area (Å²) in [5.41, 5.74) is 6.66. The molecule has 3 rings (SSSR count). The van der Waals surface area contributed by atoms with Crippen LogP contribution in [0.4, 0.5) is 0 Å². The van der Waals surface area contributed by atoms with Crippen LogP contribution in [0.3, 0.4) is 0 Å². The predicted molar refractivity (Wildman–Crippen MR) is 85.8 cm³/mol. The quantitative estimate of drug-likeness (QED) is 0.532. The van der Waals surface area contributed by atoms with Gasteiger partial charge in [-0.05, 0) is 37.5 Å². The molecule has 2 aromatic rings. The number of rotatable bonds is 4. The average Bonchev–Trinajstić information content (AvgIpc) is 2.82. The molecule has 0 unspecified atom stereocenters. The Balaban J connectivity index is 2.13. The molecule has 1 aliphatic rings. The van der Waals surface area contributed by atoms with Crippen LogP contribution in [0.15, 0.2) is 10.2 Å². The third-order valence-electron chi connectivity index (χ3n) is 3.29. The molecule has 20 heavy (non-hydrogen) atoms. The fourth-order valence-electron chi connectivity index (χ4n) is 2.44. The molecule has 0 radical (unpaired) electrons. The van der Waals surface area contributed by atoms with Gasteiger partial charge in [-0.1, -0.05) is 23.5 Å². The van der Waals surface area contributed by atoms with Gasteiger partial charge in [0, 0.05) is 10.3 Å². The molecular weight excluding hydrogens is 310 g/mol. The minimum Gasteiger partial charge on any atom is -0.369 e. The molecule has 0 atom stereocenters. The molecule has 1 aliphatic carbocycles. The molecule has 1 amide bonds. The van der Waals surface area contributed by atoms with E-state index >= 15 is 0 Å². The Kier molecular flexibility index (Phi) is 4.18. The summed E-state index contributed by atoms with van der Waals surface area (Å²) in [5, 5.41) is 2.84. The number of aromatic nitrogens is 2. The van der Waals surface area contributed by atoms with Crippen molar-refractivity contribution in [1.82, 2.24) is 9.97 Å². The third kappa shape index (κ3) is 2.66. The van der Waals surface area contributed by atoms with Crippen molar-refractivity contribution in [3.05, 3.63) is 10.4 Å². The minimum absolute atomic E-state index is 0.268. The first-order chi connectivity index (χ1) is 9.69. The lowest BCUT2D eigenvalue weighted by molar-refractivity contribution is -0.115. The average molecular weight is 325 g/mol. The standard InChI is InChI=1S/C13H15N3OS3/c1-18-13-15-11(19-6-9(14)17)10-7-4-2-3-5-8(7)20-12(10)16-13/h2-6H2,1H3,(H2,14,17). The van der Waals surface area contributed by atoms with Crippen molar-refractivity contribution in [2.45, 2.75) is 35.9 Å². The summed E-state index contributed by atoms with van der Waals surface area (Å²) in [6, 6.07) is 0. The van der Waals surface area contributed by atoms with Gasteiger partial charge in [-0.15, -0.1) is 11.3 Å². The minimum atomic E-state index is -0.309. The monoisotopic (exact) mass is 325 g/mol. The number of hydrogen-bond acceptors (Lipinski definition) is 6. The maximum Gasteiger partial charge on any atom is 0.227 e. The molecule has 0 fully saturated rings. The van der Waals surface area contributed by atoms with Gasteiger partial charge in [-0.3, -0.25) is 4.79 Å². The summed E-state index contributed by atoms with van der Waals surface area (Å²) in [4.78, 5) is 22.8. The van der Waals surface area contributed by atoms with E-state index in [0.717, 1.165) is 33.2 Å². The van der Waals surface area contributed by atoms with E-state index in [9.17, 15) is 4.79 Å². The van der Waals surface area contributed by atoms with Crippen LogP contribution in [0, 0.1) is 0 Å². The molecule has 0 spiro atoms. The number of carbonyl (C=O) groups excluding carboxylic acids is 1. The molecule has 0 saturated carbocycles. The second-order valence-electron chi connectivity index (χ2n) is 4.66. The van der Waals surface area contributed by atoms with Crippen LogP contribution in [0.5, 0.6) is 0 Å². The van der Waals surface area contributed by atoms with Crippen LogP contribution in [-0.4, -0.2) is 27.9 Å². The number of thiophene rings is 1. The van der Waals surface area contributed by atoms with E-state index in [0.29, 0.717) is 0 Å². The molecule has 7 heteroatoms. The van der Waals surface area contributed by atoms with Crippen molar-refractivity contribution >= 4 is 51.0 Å². The summed E-state index contributed by atoms with van der Waals surface area (Å²) >= 11 is 4.75. The lowest BCUT2D eigenvalue weighted by Crippen LogP contribution is -2.13. The fraction of sp³-hybridized carbons (Fsp3) is 0.462. The van der Waals surface area contributed by atoms with Gasteiger partial charge in [0.2, 0.25) is 5.91 Å². The number of nitrogens with two attached hydrogens (primary N) is 1. The SMILES string of the molecule is CSc1nc(SCC(N)=O)c2c3c(sc2n1)CCCC3. The largest absolute Gasteiger partial charge is 0.369 e. The van der Waals surface area contributed by atoms with Crippen LogP contribution in [0.25, 0.3) is 10.2 Å². The molecular formula is C13H15N3OS3. The van der Waals surface area contributed by atoms with Crippen LogP contribution in [-0.2, 0) is 17.6 Å². The Hall–Kier alpha value is -0.790. The van der Waals surface area contributed by atoms with Crippen molar-refractivity contribution < 1.29 is 4.79 Å². The molecule has 2 aromatic heterocycles. The van der Waals surface area contributed by atoms with E-state index in [1.807, 2.05) is 6.26 Å². The Bertz CT molecular complexity index is 668. The molecule has 0 bridgehead atoms. The highest BCUT2D eigenvalue weighted by molar-refractivity contribution is 8.00. The highest BCUT2D eigenvalue weighted by Gasteiger charge is 2.21. The van der Waals surface area contributed by atoms with Crippen molar-refractivity contribution in [1.29, 1.82) is 0 Å². The van der Waals surface area contributed by atoms with Gasteiger partial charge in [-0.25, -0.2) is 9.97 Å². The van der Waals surface area contributed by atoms with Gasteiger partial charge in [0.05, 0.1) is 5.75 Å². The van der Waals surface area contributed by atoms with Crippen molar-refractivity contribution in [2.75, 3.05) is 12.0 Å². The smallest absolute Gasteiger partial charge is 0.227 e. The van der Waals surface area contributed by atoms with Crippen LogP contribution < -0.4 is 5.73 Å². The van der Waals surface area contributed by atoms with E-state index in [1.165, 1.54) is 46.8 Å². The van der Waals surface area contributed by atoms with Gasteiger partial charge < -0.3 is 5.73 Å². The van der Waals surface area contributed by atoms with Crippen LogP contribution in [0.2, 0.25) is 0 Å². The van der Waals surface area contributed by atoms with E-state index in [1.54, 1.807) is 11.3 Å². The maximum absolute atomic E-state index is 11.0. The summed E-state index contributed by atoms with van der Waals surface area (Å²) in [6.45, 7) is 0. The zero-order valence-corrected chi connectivity index (χ0v) is 13.6. The second-order valence-corrected chi connectivity index (χ2v) is 7.48. The van der Waals surface area contributed by atoms with Gasteiger partial charge in [0.15, 0.2) is 5.16 Å². The molecule has 0 saturated heterocycles. The number of hydrogen-bond donors (Lipinski definition) is 1. The third-order valence-corrected chi connectivity index (χ3v) is 6.03. The number of amides is 1. The first kappa shape index (κ1) is 14.2. The van der Waals surface area contributed by atoms with Gasteiger partial charge >= 0.3 is 0 Å². The molecule has 2 heterocycles. The van der Waals surface area contributed by atoms with Crippen molar-refractivity contribution in [3.8, 4) is 0 Å². The van der Waals surface area contributed by atoms with E-state index < -0.39 is 0 Å². The summed E-state index contributed by atoms with van der Waals surface area (Å²) in [7, 11) is 0. The number of fused-ring (bicyclic) bond motifs is 3. The molecule has 0 aromatic carbocycles. The van der Waals surface area contributed by atoms with Crippen LogP contribution >= 0.6 is 34.9 Å². The normalized spacial score (nSPS) is 14.4. The second kappa shape index (κ2) is 5.91. The number of nitrogens with zero attached hydrogens (tertiary/aromatic N) is 2. The lowest BCUT2D eigenvalue weighted by atomic mass is 9.97. The highest BCUT2D eigenvalue weighted by Crippen LogP contribution is 2.40. The topological polar surface area (TPSA) is 68.9 Å². The molecule has 2 N–H and O–H groups in total. The number of carbonyl (C=O) groups is 1. The highest BCUT2D eigenvalue weighted by atomic mass is 32.2. The summed E-state index contributed by atoms with van der Waals surface area (Å²) in [6.07, 6.45) is 6.69. The molecule has 4 nitrogen and oxygen atoms in total. The summed E-state index contributed by atoms with van der Waals surface area (Å²) < 4.78 is 0. The number of thioether (sulfide) groups is 2. The number of aryl methyl sites for hydroxylation is 2. The van der Waals surface area contributed by atoms with E-state index in [2.05, 4.69) is 9.97 Å². The summed E-state index contributed by atoms with van der Waals surface area (Å²) in [5.74, 6) is -0.0403. The number of primary amides is 1. The molecule has 0 aliphatic heterocycles. The Morgan fingerprint density at radius 1 is 1.35 bits per heavy atom. The first-order valence-corrected chi connectivity index (χ1v) is 9.49.